The summed E-state index contributed by atoms with van der Waals surface area (Å²) < 4.78 is 5.72. The van der Waals surface area contributed by atoms with Gasteiger partial charge in [0.1, 0.15) is 11.9 Å². The van der Waals surface area contributed by atoms with E-state index in [2.05, 4.69) is 20.8 Å². The van der Waals surface area contributed by atoms with Gasteiger partial charge in [0.2, 0.25) is 0 Å². The van der Waals surface area contributed by atoms with Crippen LogP contribution in [0.1, 0.15) is 85.5 Å². The SMILES string of the molecule is CC(N)CC(=O)O[C@H]1CC[C@]2(C)[C@H]3CC[C@]4(C)C(=O)CC[C@H]4[C@@H]3C[C@H](C)[C@@]2(O)C1. The summed E-state index contributed by atoms with van der Waals surface area (Å²) in [7, 11) is 0. The fourth-order valence-electron chi connectivity index (χ4n) is 8.01. The first-order valence-electron chi connectivity index (χ1n) is 11.7. The average molecular weight is 406 g/mol. The zero-order valence-corrected chi connectivity index (χ0v) is 18.6. The number of ether oxygens (including phenoxy) is 1. The molecule has 4 rings (SSSR count). The van der Waals surface area contributed by atoms with Crippen LogP contribution < -0.4 is 5.73 Å². The Kier molecular flexibility index (Phi) is 5.18. The third kappa shape index (κ3) is 3.10. The lowest BCUT2D eigenvalue weighted by Crippen LogP contribution is -2.66. The number of nitrogens with two attached hydrogens (primary N) is 1. The number of esters is 1. The van der Waals surface area contributed by atoms with Crippen LogP contribution in [0.25, 0.3) is 0 Å². The van der Waals surface area contributed by atoms with Crippen LogP contribution >= 0.6 is 0 Å². The number of aliphatic hydroxyl groups is 1. The molecule has 5 nitrogen and oxygen atoms in total. The monoisotopic (exact) mass is 405 g/mol. The second-order valence-electron chi connectivity index (χ2n) is 11.3. The van der Waals surface area contributed by atoms with Gasteiger partial charge in [-0.2, -0.15) is 0 Å². The summed E-state index contributed by atoms with van der Waals surface area (Å²) in [6.07, 6.45) is 6.94. The van der Waals surface area contributed by atoms with E-state index < -0.39 is 5.60 Å². The van der Waals surface area contributed by atoms with Crippen molar-refractivity contribution in [2.45, 2.75) is 103 Å². The lowest BCUT2D eigenvalue weighted by molar-refractivity contribution is -0.244. The third-order valence-electron chi connectivity index (χ3n) is 9.71. The highest BCUT2D eigenvalue weighted by Gasteiger charge is 2.66. The standard InChI is InChI=1S/C24H39NO4/c1-14-11-17-18-5-6-20(26)22(18,3)9-8-19(17)23(4)10-7-16(13-24(14,23)28)29-21(27)12-15(2)25/h14-19,28H,5-13,25H2,1-4H3/t14-,15?,16-,17-,18-,19-,22-,23+,24-/m0/s1. The van der Waals surface area contributed by atoms with E-state index in [1.54, 1.807) is 6.92 Å². The van der Waals surface area contributed by atoms with Crippen molar-refractivity contribution in [3.8, 4) is 0 Å². The molecule has 29 heavy (non-hydrogen) atoms. The zero-order chi connectivity index (χ0) is 21.2. The van der Waals surface area contributed by atoms with Crippen molar-refractivity contribution in [2.24, 2.45) is 40.2 Å². The fraction of sp³-hybridized carbons (Fsp3) is 0.917. The first-order valence-corrected chi connectivity index (χ1v) is 11.7. The second kappa shape index (κ2) is 7.05. The van der Waals surface area contributed by atoms with Crippen molar-refractivity contribution < 1.29 is 19.4 Å². The van der Waals surface area contributed by atoms with Gasteiger partial charge in [-0.15, -0.1) is 0 Å². The Labute approximate surface area is 175 Å². The van der Waals surface area contributed by atoms with E-state index in [4.69, 9.17) is 10.5 Å². The van der Waals surface area contributed by atoms with Crippen molar-refractivity contribution >= 4 is 11.8 Å². The van der Waals surface area contributed by atoms with Gasteiger partial charge in [0.15, 0.2) is 0 Å². The highest BCUT2D eigenvalue weighted by Crippen LogP contribution is 2.67. The average Bonchev–Trinajstić information content (AvgIpc) is 2.92. The summed E-state index contributed by atoms with van der Waals surface area (Å²) >= 11 is 0. The van der Waals surface area contributed by atoms with Gasteiger partial charge >= 0.3 is 5.97 Å². The van der Waals surface area contributed by atoms with Gasteiger partial charge < -0.3 is 15.6 Å². The van der Waals surface area contributed by atoms with Gasteiger partial charge in [-0.25, -0.2) is 0 Å². The predicted octanol–water partition coefficient (Wildman–Crippen LogP) is 3.61. The van der Waals surface area contributed by atoms with Crippen LogP contribution in [0.15, 0.2) is 0 Å². The smallest absolute Gasteiger partial charge is 0.307 e. The minimum atomic E-state index is -0.817. The summed E-state index contributed by atoms with van der Waals surface area (Å²) in [6.45, 7) is 8.45. The second-order valence-corrected chi connectivity index (χ2v) is 11.3. The van der Waals surface area contributed by atoms with Crippen molar-refractivity contribution in [1.82, 2.24) is 0 Å². The number of fused-ring (bicyclic) bond motifs is 5. The Bertz CT molecular complexity index is 692. The van der Waals surface area contributed by atoms with Crippen LogP contribution in [0.2, 0.25) is 0 Å². The van der Waals surface area contributed by atoms with Crippen LogP contribution in [0.5, 0.6) is 0 Å². The van der Waals surface area contributed by atoms with E-state index >= 15 is 0 Å². The molecule has 0 radical (unpaired) electrons. The predicted molar refractivity (Wildman–Crippen MR) is 111 cm³/mol. The molecule has 0 aliphatic heterocycles. The van der Waals surface area contributed by atoms with Crippen LogP contribution in [0, 0.1) is 34.5 Å². The molecule has 9 atom stereocenters. The molecule has 0 bridgehead atoms. The zero-order valence-electron chi connectivity index (χ0n) is 18.6. The molecule has 164 valence electrons. The molecular formula is C24H39NO4. The van der Waals surface area contributed by atoms with Crippen LogP contribution in [-0.2, 0) is 14.3 Å². The molecule has 0 aromatic rings. The number of carbonyl (C=O) groups is 2. The van der Waals surface area contributed by atoms with Crippen LogP contribution in [-0.4, -0.2) is 34.6 Å². The summed E-state index contributed by atoms with van der Waals surface area (Å²) in [6, 6.07) is -0.209. The molecular weight excluding hydrogens is 366 g/mol. The number of hydrogen-bond donors (Lipinski definition) is 2. The van der Waals surface area contributed by atoms with Gasteiger partial charge in [-0.05, 0) is 74.5 Å². The Hall–Kier alpha value is -0.940. The molecule has 4 saturated carbocycles. The Morgan fingerprint density at radius 1 is 1.24 bits per heavy atom. The van der Waals surface area contributed by atoms with E-state index in [9.17, 15) is 14.7 Å². The van der Waals surface area contributed by atoms with E-state index in [-0.39, 0.29) is 41.3 Å². The van der Waals surface area contributed by atoms with Crippen molar-refractivity contribution in [3.05, 3.63) is 0 Å². The van der Waals surface area contributed by atoms with Gasteiger partial charge in [-0.3, -0.25) is 9.59 Å². The number of hydrogen-bond acceptors (Lipinski definition) is 5. The maximum atomic E-state index is 12.6. The highest BCUT2D eigenvalue weighted by molar-refractivity contribution is 5.87. The van der Waals surface area contributed by atoms with Gasteiger partial charge in [0, 0.05) is 24.3 Å². The molecule has 5 heteroatoms. The molecule has 4 aliphatic rings. The van der Waals surface area contributed by atoms with E-state index in [1.807, 2.05) is 0 Å². The molecule has 0 aromatic carbocycles. The molecule has 1 unspecified atom stereocenters. The minimum Gasteiger partial charge on any atom is -0.462 e. The summed E-state index contributed by atoms with van der Waals surface area (Å²) in [4.78, 5) is 24.8. The van der Waals surface area contributed by atoms with Crippen molar-refractivity contribution in [2.75, 3.05) is 0 Å². The molecule has 0 aromatic heterocycles. The Morgan fingerprint density at radius 3 is 2.66 bits per heavy atom. The lowest BCUT2D eigenvalue weighted by Gasteiger charge is -2.65. The van der Waals surface area contributed by atoms with Crippen LogP contribution in [0.4, 0.5) is 0 Å². The van der Waals surface area contributed by atoms with Gasteiger partial charge in [0.25, 0.3) is 0 Å². The van der Waals surface area contributed by atoms with E-state index in [0.29, 0.717) is 30.0 Å². The fourth-order valence-corrected chi connectivity index (χ4v) is 8.01. The Morgan fingerprint density at radius 2 is 1.97 bits per heavy atom. The largest absolute Gasteiger partial charge is 0.462 e. The van der Waals surface area contributed by atoms with Crippen molar-refractivity contribution in [1.29, 1.82) is 0 Å². The quantitative estimate of drug-likeness (QED) is 0.700. The first kappa shape index (κ1) is 21.3. The Balaban J connectivity index is 1.55. The summed E-state index contributed by atoms with van der Waals surface area (Å²) in [5, 5.41) is 12.0. The maximum absolute atomic E-state index is 12.6. The molecule has 4 fully saturated rings. The van der Waals surface area contributed by atoms with Crippen molar-refractivity contribution in [3.63, 3.8) is 0 Å². The summed E-state index contributed by atoms with van der Waals surface area (Å²) in [5.74, 6) is 1.80. The van der Waals surface area contributed by atoms with Gasteiger partial charge in [0.05, 0.1) is 12.0 Å². The number of ketones is 1. The lowest BCUT2D eigenvalue weighted by atomic mass is 9.41. The van der Waals surface area contributed by atoms with Gasteiger partial charge in [-0.1, -0.05) is 20.8 Å². The number of rotatable bonds is 3. The first-order chi connectivity index (χ1) is 13.5. The van der Waals surface area contributed by atoms with E-state index in [1.165, 1.54) is 0 Å². The molecule has 0 heterocycles. The van der Waals surface area contributed by atoms with Crippen LogP contribution in [0.3, 0.4) is 0 Å². The highest BCUT2D eigenvalue weighted by atomic mass is 16.5. The molecule has 0 spiro atoms. The number of carbonyl (C=O) groups excluding carboxylic acids is 2. The third-order valence-corrected chi connectivity index (χ3v) is 9.71. The van der Waals surface area contributed by atoms with E-state index in [0.717, 1.165) is 44.9 Å². The number of Topliss-reactive ketones (excluding diaryl/α,β-unsaturated/α-hetero) is 1. The molecule has 4 aliphatic carbocycles. The molecule has 0 saturated heterocycles. The maximum Gasteiger partial charge on any atom is 0.307 e. The molecule has 0 amide bonds. The summed E-state index contributed by atoms with van der Waals surface area (Å²) in [5.41, 5.74) is 4.60. The normalized spacial score (nSPS) is 50.3. The molecule has 3 N–H and O–H groups in total. The minimum absolute atomic E-state index is 0.140. The topological polar surface area (TPSA) is 89.6 Å².